The van der Waals surface area contributed by atoms with Crippen molar-refractivity contribution in [1.29, 1.82) is 0 Å². The van der Waals surface area contributed by atoms with Gasteiger partial charge in [-0.3, -0.25) is 29.8 Å². The van der Waals surface area contributed by atoms with Crippen LogP contribution in [0.3, 0.4) is 0 Å². The van der Waals surface area contributed by atoms with Crippen molar-refractivity contribution >= 4 is 63.0 Å². The zero-order valence-electron chi connectivity index (χ0n) is 17.4. The number of hydrogen-bond acceptors (Lipinski definition) is 9. The molecule has 1 heterocycles. The molecule has 3 N–H and O–H groups in total. The first-order valence-electron chi connectivity index (χ1n) is 9.42. The number of aromatic nitrogens is 2. The van der Waals surface area contributed by atoms with Gasteiger partial charge < -0.3 is 10.6 Å². The minimum Gasteiger partial charge on any atom is -0.326 e. The highest BCUT2D eigenvalue weighted by molar-refractivity contribution is 8.01. The van der Waals surface area contributed by atoms with Crippen molar-refractivity contribution in [3.8, 4) is 0 Å². The predicted octanol–water partition coefficient (Wildman–Crippen LogP) is 3.70. The molecule has 3 amide bonds. The number of nitro groups is 1. The number of rotatable bonds is 8. The first-order chi connectivity index (χ1) is 15.7. The van der Waals surface area contributed by atoms with Gasteiger partial charge in [-0.1, -0.05) is 29.2 Å². The largest absolute Gasteiger partial charge is 0.326 e. The maximum absolute atomic E-state index is 12.5. The lowest BCUT2D eigenvalue weighted by Crippen LogP contribution is -2.14. The molecule has 0 saturated heterocycles. The van der Waals surface area contributed by atoms with Gasteiger partial charge in [-0.15, -0.1) is 10.2 Å². The van der Waals surface area contributed by atoms with Crippen LogP contribution in [0, 0.1) is 17.0 Å². The monoisotopic (exact) mass is 486 g/mol. The van der Waals surface area contributed by atoms with Crippen LogP contribution >= 0.6 is 23.1 Å². The molecule has 170 valence electrons. The second kappa shape index (κ2) is 10.7. The molecule has 0 radical (unpaired) electrons. The number of thioether (sulfide) groups is 1. The maximum Gasteiger partial charge on any atom is 0.273 e. The van der Waals surface area contributed by atoms with Gasteiger partial charge >= 0.3 is 0 Å². The number of nitro benzene ring substituents is 1. The number of anilines is 3. The third kappa shape index (κ3) is 6.57. The lowest BCUT2D eigenvalue weighted by molar-refractivity contribution is -0.385. The molecule has 0 aliphatic heterocycles. The van der Waals surface area contributed by atoms with Crippen molar-refractivity contribution in [1.82, 2.24) is 10.2 Å². The summed E-state index contributed by atoms with van der Waals surface area (Å²) in [6, 6.07) is 10.9. The minimum atomic E-state index is -0.547. The lowest BCUT2D eigenvalue weighted by Gasteiger charge is -2.06. The second-order valence-electron chi connectivity index (χ2n) is 6.63. The van der Waals surface area contributed by atoms with E-state index in [-0.39, 0.29) is 39.5 Å². The normalized spacial score (nSPS) is 10.4. The average Bonchev–Trinajstić information content (AvgIpc) is 3.20. The zero-order valence-corrected chi connectivity index (χ0v) is 19.1. The quantitative estimate of drug-likeness (QED) is 0.188. The van der Waals surface area contributed by atoms with Crippen molar-refractivity contribution in [2.24, 2.45) is 0 Å². The van der Waals surface area contributed by atoms with Gasteiger partial charge in [0, 0.05) is 35.5 Å². The van der Waals surface area contributed by atoms with Gasteiger partial charge in [0.25, 0.3) is 11.6 Å². The number of hydrogen-bond donors (Lipinski definition) is 3. The summed E-state index contributed by atoms with van der Waals surface area (Å²) in [4.78, 5) is 46.2. The Morgan fingerprint density at radius 3 is 2.33 bits per heavy atom. The van der Waals surface area contributed by atoms with Crippen LogP contribution in [0.4, 0.5) is 22.2 Å². The first-order valence-corrected chi connectivity index (χ1v) is 11.2. The number of benzene rings is 2. The predicted molar refractivity (Wildman–Crippen MR) is 126 cm³/mol. The van der Waals surface area contributed by atoms with Crippen LogP contribution in [0.5, 0.6) is 0 Å². The van der Waals surface area contributed by atoms with E-state index >= 15 is 0 Å². The Morgan fingerprint density at radius 1 is 1.03 bits per heavy atom. The smallest absolute Gasteiger partial charge is 0.273 e. The van der Waals surface area contributed by atoms with Gasteiger partial charge in [-0.05, 0) is 37.3 Å². The fourth-order valence-corrected chi connectivity index (χ4v) is 4.26. The molecule has 0 aliphatic carbocycles. The summed E-state index contributed by atoms with van der Waals surface area (Å²) in [6.07, 6.45) is 0. The molecule has 0 fully saturated rings. The summed E-state index contributed by atoms with van der Waals surface area (Å²) in [5.41, 5.74) is 1.47. The summed E-state index contributed by atoms with van der Waals surface area (Å²) in [5.74, 6) is -0.916. The SMILES string of the molecule is CC(=O)Nc1ccc(NC(=O)CSc2nnc(NC(=O)c3cccc([N+](=O)[O-])c3C)s2)cc1. The molecule has 0 bridgehead atoms. The van der Waals surface area contributed by atoms with E-state index in [4.69, 9.17) is 0 Å². The van der Waals surface area contributed by atoms with Crippen molar-refractivity contribution in [2.45, 2.75) is 18.2 Å². The van der Waals surface area contributed by atoms with Gasteiger partial charge in [0.1, 0.15) is 0 Å². The molecular weight excluding hydrogens is 468 g/mol. The minimum absolute atomic E-state index is 0.0695. The number of carbonyl (C=O) groups excluding carboxylic acids is 3. The molecule has 0 spiro atoms. The molecule has 0 atom stereocenters. The Labute approximate surface area is 196 Å². The van der Waals surface area contributed by atoms with E-state index in [1.807, 2.05) is 0 Å². The molecule has 33 heavy (non-hydrogen) atoms. The van der Waals surface area contributed by atoms with Crippen LogP contribution in [0.15, 0.2) is 46.8 Å². The summed E-state index contributed by atoms with van der Waals surface area (Å²) < 4.78 is 0.470. The van der Waals surface area contributed by atoms with Gasteiger partial charge in [0.2, 0.25) is 16.9 Å². The Bertz CT molecular complexity index is 1210. The van der Waals surface area contributed by atoms with Crippen molar-refractivity contribution in [2.75, 3.05) is 21.7 Å². The number of nitrogens with zero attached hydrogens (tertiary/aromatic N) is 3. The van der Waals surface area contributed by atoms with Crippen LogP contribution in [0.2, 0.25) is 0 Å². The Balaban J connectivity index is 1.53. The summed E-state index contributed by atoms with van der Waals surface area (Å²) in [5, 5.41) is 27.0. The highest BCUT2D eigenvalue weighted by Crippen LogP contribution is 2.27. The van der Waals surface area contributed by atoms with Crippen LogP contribution in [-0.2, 0) is 9.59 Å². The number of nitrogens with one attached hydrogen (secondary N) is 3. The highest BCUT2D eigenvalue weighted by Gasteiger charge is 2.19. The van der Waals surface area contributed by atoms with Crippen molar-refractivity contribution in [3.63, 3.8) is 0 Å². The summed E-state index contributed by atoms with van der Waals surface area (Å²) in [6.45, 7) is 2.91. The van der Waals surface area contributed by atoms with Crippen LogP contribution in [0.1, 0.15) is 22.8 Å². The number of carbonyl (C=O) groups is 3. The average molecular weight is 487 g/mol. The molecule has 3 rings (SSSR count). The maximum atomic E-state index is 12.5. The molecule has 1 aromatic heterocycles. The van der Waals surface area contributed by atoms with Crippen LogP contribution < -0.4 is 16.0 Å². The molecule has 3 aromatic rings. The van der Waals surface area contributed by atoms with E-state index < -0.39 is 10.8 Å². The molecule has 11 nitrogen and oxygen atoms in total. The number of amides is 3. The second-order valence-corrected chi connectivity index (χ2v) is 8.83. The van der Waals surface area contributed by atoms with Gasteiger partial charge in [-0.25, -0.2) is 0 Å². The first kappa shape index (κ1) is 23.8. The third-order valence-corrected chi connectivity index (χ3v) is 6.16. The van der Waals surface area contributed by atoms with Crippen molar-refractivity contribution < 1.29 is 19.3 Å². The van der Waals surface area contributed by atoms with E-state index in [1.165, 1.54) is 32.0 Å². The van der Waals surface area contributed by atoms with Gasteiger partial charge in [-0.2, -0.15) is 0 Å². The summed E-state index contributed by atoms with van der Waals surface area (Å²) >= 11 is 2.23. The van der Waals surface area contributed by atoms with E-state index in [2.05, 4.69) is 26.1 Å². The molecule has 0 unspecified atom stereocenters. The topological polar surface area (TPSA) is 156 Å². The Morgan fingerprint density at radius 2 is 1.70 bits per heavy atom. The van der Waals surface area contributed by atoms with Crippen molar-refractivity contribution in [3.05, 3.63) is 63.7 Å². The Hall–Kier alpha value is -3.84. The molecular formula is C20H18N6O5S2. The standard InChI is InChI=1S/C20H18N6O5S2/c1-11-15(4-3-5-16(11)26(30)31)18(29)23-19-24-25-20(33-19)32-10-17(28)22-14-8-6-13(7-9-14)21-12(2)27/h3-9H,10H2,1-2H3,(H,21,27)(H,22,28)(H,23,24,29). The third-order valence-electron chi connectivity index (χ3n) is 4.19. The summed E-state index contributed by atoms with van der Waals surface area (Å²) in [7, 11) is 0. The molecule has 0 aliphatic rings. The zero-order chi connectivity index (χ0) is 24.0. The van der Waals surface area contributed by atoms with Gasteiger partial charge in [0.15, 0.2) is 4.34 Å². The molecule has 13 heteroatoms. The van der Waals surface area contributed by atoms with E-state index in [0.717, 1.165) is 23.1 Å². The fourth-order valence-electron chi connectivity index (χ4n) is 2.71. The Kier molecular flexibility index (Phi) is 7.69. The molecule has 2 aromatic carbocycles. The highest BCUT2D eigenvalue weighted by atomic mass is 32.2. The lowest BCUT2D eigenvalue weighted by atomic mass is 10.1. The van der Waals surface area contributed by atoms with E-state index in [9.17, 15) is 24.5 Å². The van der Waals surface area contributed by atoms with Crippen LogP contribution in [0.25, 0.3) is 0 Å². The van der Waals surface area contributed by atoms with E-state index in [0.29, 0.717) is 15.7 Å². The molecule has 0 saturated carbocycles. The van der Waals surface area contributed by atoms with Crippen LogP contribution in [-0.4, -0.2) is 38.6 Å². The fraction of sp³-hybridized carbons (Fsp3) is 0.150. The van der Waals surface area contributed by atoms with Gasteiger partial charge in [0.05, 0.1) is 10.7 Å². The van der Waals surface area contributed by atoms with E-state index in [1.54, 1.807) is 24.3 Å².